The first-order valence-corrected chi connectivity index (χ1v) is 6.30. The maximum atomic E-state index is 12.9. The lowest BCUT2D eigenvalue weighted by molar-refractivity contribution is 0.576. The summed E-state index contributed by atoms with van der Waals surface area (Å²) in [7, 11) is -3.62. The van der Waals surface area contributed by atoms with Crippen LogP contribution in [0, 0.1) is 5.82 Å². The summed E-state index contributed by atoms with van der Waals surface area (Å²) in [4.78, 5) is 0. The van der Waals surface area contributed by atoms with Crippen LogP contribution in [0.25, 0.3) is 0 Å². The number of hydrogen-bond acceptors (Lipinski definition) is 3. The van der Waals surface area contributed by atoms with Crippen LogP contribution in [0.15, 0.2) is 41.6 Å². The molecule has 2 N–H and O–H groups in total. The van der Waals surface area contributed by atoms with E-state index in [0.29, 0.717) is 5.56 Å². The van der Waals surface area contributed by atoms with Gasteiger partial charge in [-0.3, -0.25) is 5.10 Å². The van der Waals surface area contributed by atoms with Crippen LogP contribution in [-0.4, -0.2) is 18.6 Å². The standard InChI is InChI=1S/C10H10FN3O2S/c11-9-3-1-2-8(6-9)7-13-17(15,16)10-4-5-12-14-10/h1-6,13H,7H2,(H,12,14). The van der Waals surface area contributed by atoms with E-state index in [9.17, 15) is 12.8 Å². The van der Waals surface area contributed by atoms with Gasteiger partial charge in [0.1, 0.15) is 5.82 Å². The van der Waals surface area contributed by atoms with Gasteiger partial charge < -0.3 is 0 Å². The fourth-order valence-electron chi connectivity index (χ4n) is 1.30. The van der Waals surface area contributed by atoms with Gasteiger partial charge in [-0.1, -0.05) is 12.1 Å². The summed E-state index contributed by atoms with van der Waals surface area (Å²) in [6, 6.07) is 7.07. The van der Waals surface area contributed by atoms with Gasteiger partial charge in [0.15, 0.2) is 5.03 Å². The predicted molar refractivity (Wildman–Crippen MR) is 59.0 cm³/mol. The summed E-state index contributed by atoms with van der Waals surface area (Å²) >= 11 is 0. The second kappa shape index (κ2) is 4.64. The van der Waals surface area contributed by atoms with Gasteiger partial charge in [0.2, 0.25) is 0 Å². The minimum Gasteiger partial charge on any atom is -0.266 e. The van der Waals surface area contributed by atoms with Gasteiger partial charge >= 0.3 is 0 Å². The summed E-state index contributed by atoms with van der Waals surface area (Å²) in [5.74, 6) is -0.400. The molecule has 90 valence electrons. The fraction of sp³-hybridized carbons (Fsp3) is 0.100. The zero-order valence-electron chi connectivity index (χ0n) is 8.72. The molecule has 0 saturated carbocycles. The SMILES string of the molecule is O=S(=O)(NCc1cccc(F)c1)c1ccn[nH]1. The van der Waals surface area contributed by atoms with E-state index in [-0.39, 0.29) is 11.6 Å². The number of rotatable bonds is 4. The van der Waals surface area contributed by atoms with Crippen molar-refractivity contribution in [3.8, 4) is 0 Å². The summed E-state index contributed by atoms with van der Waals surface area (Å²) < 4.78 is 38.6. The number of benzene rings is 1. The molecule has 0 atom stereocenters. The molecule has 0 amide bonds. The van der Waals surface area contributed by atoms with E-state index in [2.05, 4.69) is 14.9 Å². The molecule has 17 heavy (non-hydrogen) atoms. The van der Waals surface area contributed by atoms with E-state index in [0.717, 1.165) is 0 Å². The minimum atomic E-state index is -3.62. The predicted octanol–water partition coefficient (Wildman–Crippen LogP) is 1.03. The maximum Gasteiger partial charge on any atom is 0.257 e. The van der Waals surface area contributed by atoms with Crippen molar-refractivity contribution in [3.05, 3.63) is 47.9 Å². The molecule has 0 aliphatic heterocycles. The van der Waals surface area contributed by atoms with E-state index in [4.69, 9.17) is 0 Å². The molecule has 0 radical (unpaired) electrons. The van der Waals surface area contributed by atoms with Crippen LogP contribution in [0.3, 0.4) is 0 Å². The topological polar surface area (TPSA) is 74.8 Å². The Kier molecular flexibility index (Phi) is 3.21. The molecule has 0 fully saturated rings. The van der Waals surface area contributed by atoms with Crippen molar-refractivity contribution in [2.45, 2.75) is 11.6 Å². The molecule has 7 heteroatoms. The number of H-pyrrole nitrogens is 1. The molecular weight excluding hydrogens is 245 g/mol. The second-order valence-electron chi connectivity index (χ2n) is 3.38. The largest absolute Gasteiger partial charge is 0.266 e. The molecule has 0 aliphatic carbocycles. The van der Waals surface area contributed by atoms with Gasteiger partial charge in [-0.2, -0.15) is 5.10 Å². The summed E-state index contributed by atoms with van der Waals surface area (Å²) in [5, 5.41) is 5.88. The molecule has 1 aromatic heterocycles. The quantitative estimate of drug-likeness (QED) is 0.856. The Morgan fingerprint density at radius 1 is 1.35 bits per heavy atom. The number of aromatic amines is 1. The number of sulfonamides is 1. The molecule has 1 heterocycles. The number of halogens is 1. The van der Waals surface area contributed by atoms with Crippen molar-refractivity contribution in [3.63, 3.8) is 0 Å². The third-order valence-electron chi connectivity index (χ3n) is 2.12. The first-order valence-electron chi connectivity index (χ1n) is 4.81. The normalized spacial score (nSPS) is 11.6. The van der Waals surface area contributed by atoms with Crippen molar-refractivity contribution in [2.75, 3.05) is 0 Å². The summed E-state index contributed by atoms with van der Waals surface area (Å²) in [6.45, 7) is 0.0269. The van der Waals surface area contributed by atoms with Gasteiger partial charge in [0.25, 0.3) is 10.0 Å². The first kappa shape index (κ1) is 11.7. The zero-order chi connectivity index (χ0) is 12.3. The highest BCUT2D eigenvalue weighted by Gasteiger charge is 2.14. The van der Waals surface area contributed by atoms with Crippen LogP contribution < -0.4 is 4.72 Å². The van der Waals surface area contributed by atoms with Crippen molar-refractivity contribution in [2.24, 2.45) is 0 Å². The smallest absolute Gasteiger partial charge is 0.257 e. The molecule has 5 nitrogen and oxygen atoms in total. The number of hydrogen-bond donors (Lipinski definition) is 2. The lowest BCUT2D eigenvalue weighted by Gasteiger charge is -2.04. The average molecular weight is 255 g/mol. The Morgan fingerprint density at radius 2 is 2.18 bits per heavy atom. The Balaban J connectivity index is 2.08. The molecule has 1 aromatic carbocycles. The molecule has 2 aromatic rings. The van der Waals surface area contributed by atoms with Crippen molar-refractivity contribution in [1.82, 2.24) is 14.9 Å². The zero-order valence-corrected chi connectivity index (χ0v) is 9.54. The molecule has 0 aliphatic rings. The van der Waals surface area contributed by atoms with E-state index in [1.807, 2.05) is 0 Å². The molecule has 0 unspecified atom stereocenters. The fourth-order valence-corrected chi connectivity index (χ4v) is 2.22. The number of aromatic nitrogens is 2. The van der Waals surface area contributed by atoms with Crippen molar-refractivity contribution in [1.29, 1.82) is 0 Å². The van der Waals surface area contributed by atoms with Crippen LogP contribution in [0.1, 0.15) is 5.56 Å². The number of nitrogens with one attached hydrogen (secondary N) is 2. The Hall–Kier alpha value is -1.73. The summed E-state index contributed by atoms with van der Waals surface area (Å²) in [6.07, 6.45) is 1.34. The third kappa shape index (κ3) is 2.89. The molecule has 0 spiro atoms. The highest BCUT2D eigenvalue weighted by Crippen LogP contribution is 2.06. The highest BCUT2D eigenvalue weighted by molar-refractivity contribution is 7.89. The van der Waals surface area contributed by atoms with Crippen LogP contribution in [0.5, 0.6) is 0 Å². The van der Waals surface area contributed by atoms with Gasteiger partial charge in [0, 0.05) is 6.54 Å². The lowest BCUT2D eigenvalue weighted by atomic mass is 10.2. The van der Waals surface area contributed by atoms with E-state index >= 15 is 0 Å². The third-order valence-corrected chi connectivity index (χ3v) is 3.45. The van der Waals surface area contributed by atoms with Gasteiger partial charge in [0.05, 0.1) is 6.20 Å². The van der Waals surface area contributed by atoms with Gasteiger partial charge in [-0.15, -0.1) is 0 Å². The molecule has 0 bridgehead atoms. The van der Waals surface area contributed by atoms with Gasteiger partial charge in [-0.05, 0) is 23.8 Å². The van der Waals surface area contributed by atoms with E-state index in [1.54, 1.807) is 6.07 Å². The van der Waals surface area contributed by atoms with Crippen LogP contribution >= 0.6 is 0 Å². The minimum absolute atomic E-state index is 0.0195. The second-order valence-corrected chi connectivity index (χ2v) is 5.11. The Labute approximate surface area is 97.7 Å². The molecule has 2 rings (SSSR count). The Morgan fingerprint density at radius 3 is 2.82 bits per heavy atom. The van der Waals surface area contributed by atoms with Crippen molar-refractivity contribution >= 4 is 10.0 Å². The van der Waals surface area contributed by atoms with Crippen LogP contribution in [0.2, 0.25) is 0 Å². The highest BCUT2D eigenvalue weighted by atomic mass is 32.2. The van der Waals surface area contributed by atoms with Crippen molar-refractivity contribution < 1.29 is 12.8 Å². The summed E-state index contributed by atoms with van der Waals surface area (Å²) in [5.41, 5.74) is 0.549. The van der Waals surface area contributed by atoms with Crippen LogP contribution in [-0.2, 0) is 16.6 Å². The maximum absolute atomic E-state index is 12.9. The molecule has 0 saturated heterocycles. The van der Waals surface area contributed by atoms with E-state index < -0.39 is 15.8 Å². The Bertz CT molecular complexity index is 596. The lowest BCUT2D eigenvalue weighted by Crippen LogP contribution is -2.23. The monoisotopic (exact) mass is 255 g/mol. The van der Waals surface area contributed by atoms with Gasteiger partial charge in [-0.25, -0.2) is 17.5 Å². The first-order chi connectivity index (χ1) is 8.08. The number of nitrogens with zero attached hydrogens (tertiary/aromatic N) is 1. The average Bonchev–Trinajstić information content (AvgIpc) is 2.81. The van der Waals surface area contributed by atoms with E-state index in [1.165, 1.54) is 30.5 Å². The molecular formula is C10H10FN3O2S. The van der Waals surface area contributed by atoms with Crippen LogP contribution in [0.4, 0.5) is 4.39 Å².